The molecule has 0 aliphatic carbocycles. The van der Waals surface area contributed by atoms with Gasteiger partial charge in [-0.1, -0.05) is 24.2 Å². The zero-order valence-corrected chi connectivity index (χ0v) is 14.8. The van der Waals surface area contributed by atoms with Crippen LogP contribution in [0.5, 0.6) is 0 Å². The molecule has 0 radical (unpaired) electrons. The minimum atomic E-state index is -0.275. The summed E-state index contributed by atoms with van der Waals surface area (Å²) in [4.78, 5) is 1.62. The summed E-state index contributed by atoms with van der Waals surface area (Å²) < 4.78 is 32.7. The van der Waals surface area contributed by atoms with Gasteiger partial charge in [0.1, 0.15) is 11.6 Å². The molecule has 0 unspecified atom stereocenters. The Bertz CT molecular complexity index is 950. The second-order valence-electron chi connectivity index (χ2n) is 5.95. The fraction of sp³-hybridized carbons (Fsp3) is 0.200. The summed E-state index contributed by atoms with van der Waals surface area (Å²) in [6, 6.07) is 9.79. The highest BCUT2D eigenvalue weighted by molar-refractivity contribution is 5.68. The van der Waals surface area contributed by atoms with Gasteiger partial charge >= 0.3 is 6.01 Å². The number of anilines is 2. The third kappa shape index (κ3) is 3.79. The van der Waals surface area contributed by atoms with Crippen molar-refractivity contribution in [2.24, 2.45) is 0 Å². The van der Waals surface area contributed by atoms with E-state index in [1.165, 1.54) is 18.2 Å². The maximum Gasteiger partial charge on any atom is 0.322 e. The first kappa shape index (κ1) is 17.8. The van der Waals surface area contributed by atoms with Gasteiger partial charge in [-0.2, -0.15) is 0 Å². The minimum absolute atomic E-state index is 0.254. The van der Waals surface area contributed by atoms with Crippen molar-refractivity contribution >= 4 is 23.9 Å². The molecule has 0 N–H and O–H groups in total. The van der Waals surface area contributed by atoms with Crippen LogP contribution in [0.15, 0.2) is 40.8 Å². The van der Waals surface area contributed by atoms with E-state index in [9.17, 15) is 8.78 Å². The standard InChI is InChI=1S/C20H19F2N3O/c1-4-14-6-9-17(12-18(14)22)25(3)20-24-23-19(26-20)10-7-15-5-8-16(21)11-13(15)2/h5-12H,4H2,1-3H3/b10-7+. The molecule has 0 atom stereocenters. The Balaban J connectivity index is 1.78. The highest BCUT2D eigenvalue weighted by Gasteiger charge is 2.13. The van der Waals surface area contributed by atoms with Crippen molar-refractivity contribution in [1.82, 2.24) is 10.2 Å². The molecule has 3 aromatic rings. The van der Waals surface area contributed by atoms with Crippen molar-refractivity contribution in [2.45, 2.75) is 20.3 Å². The van der Waals surface area contributed by atoms with Crippen LogP contribution in [0.25, 0.3) is 12.2 Å². The molecule has 0 amide bonds. The average Bonchev–Trinajstić information content (AvgIpc) is 3.09. The van der Waals surface area contributed by atoms with E-state index in [1.54, 1.807) is 36.2 Å². The molecule has 1 heterocycles. The Labute approximate surface area is 150 Å². The first-order valence-corrected chi connectivity index (χ1v) is 8.28. The summed E-state index contributed by atoms with van der Waals surface area (Å²) in [6.45, 7) is 3.73. The van der Waals surface area contributed by atoms with Gasteiger partial charge < -0.3 is 4.42 Å². The number of halogens is 2. The van der Waals surface area contributed by atoms with E-state index in [0.29, 0.717) is 23.6 Å². The highest BCUT2D eigenvalue weighted by Crippen LogP contribution is 2.25. The fourth-order valence-corrected chi connectivity index (χ4v) is 2.56. The van der Waals surface area contributed by atoms with Crippen LogP contribution in [0, 0.1) is 18.6 Å². The normalized spacial score (nSPS) is 11.3. The Hall–Kier alpha value is -3.02. The molecule has 3 rings (SSSR count). The molecular formula is C20H19F2N3O. The van der Waals surface area contributed by atoms with Crippen LogP contribution >= 0.6 is 0 Å². The lowest BCUT2D eigenvalue weighted by Gasteiger charge is -2.14. The fourth-order valence-electron chi connectivity index (χ4n) is 2.56. The maximum atomic E-state index is 14.0. The Morgan fingerprint density at radius 2 is 1.88 bits per heavy atom. The van der Waals surface area contributed by atoms with E-state index in [2.05, 4.69) is 10.2 Å². The molecule has 0 saturated carbocycles. The zero-order valence-electron chi connectivity index (χ0n) is 14.8. The molecule has 1 aromatic heterocycles. The van der Waals surface area contributed by atoms with Crippen LogP contribution in [0.1, 0.15) is 29.5 Å². The van der Waals surface area contributed by atoms with Crippen LogP contribution in [0.2, 0.25) is 0 Å². The lowest BCUT2D eigenvalue weighted by atomic mass is 10.1. The van der Waals surface area contributed by atoms with Gasteiger partial charge in [-0.05, 0) is 60.4 Å². The molecule has 2 aromatic carbocycles. The summed E-state index contributed by atoms with van der Waals surface area (Å²) in [5.74, 6) is -0.229. The van der Waals surface area contributed by atoms with Crippen molar-refractivity contribution in [3.63, 3.8) is 0 Å². The molecule has 0 fully saturated rings. The van der Waals surface area contributed by atoms with Crippen molar-refractivity contribution in [1.29, 1.82) is 0 Å². The van der Waals surface area contributed by atoms with E-state index in [-0.39, 0.29) is 17.6 Å². The summed E-state index contributed by atoms with van der Waals surface area (Å²) in [7, 11) is 1.73. The van der Waals surface area contributed by atoms with Crippen LogP contribution in [-0.2, 0) is 6.42 Å². The van der Waals surface area contributed by atoms with Crippen LogP contribution in [0.3, 0.4) is 0 Å². The molecule has 26 heavy (non-hydrogen) atoms. The SMILES string of the molecule is CCc1ccc(N(C)c2nnc(/C=C/c3ccc(F)cc3C)o2)cc1F. The highest BCUT2D eigenvalue weighted by atomic mass is 19.1. The van der Waals surface area contributed by atoms with Gasteiger partial charge in [-0.15, -0.1) is 5.10 Å². The molecule has 0 spiro atoms. The molecule has 0 bridgehead atoms. The Morgan fingerprint density at radius 3 is 2.58 bits per heavy atom. The summed E-state index contributed by atoms with van der Waals surface area (Å²) in [6.07, 6.45) is 4.07. The quantitative estimate of drug-likeness (QED) is 0.634. The van der Waals surface area contributed by atoms with E-state index in [1.807, 2.05) is 19.9 Å². The third-order valence-corrected chi connectivity index (χ3v) is 4.16. The number of nitrogens with zero attached hydrogens (tertiary/aromatic N) is 3. The zero-order chi connectivity index (χ0) is 18.7. The summed E-state index contributed by atoms with van der Waals surface area (Å²) in [5.41, 5.74) is 2.94. The van der Waals surface area contributed by atoms with Crippen molar-refractivity contribution in [3.8, 4) is 0 Å². The minimum Gasteiger partial charge on any atom is -0.404 e. The molecule has 0 aliphatic rings. The van der Waals surface area contributed by atoms with Gasteiger partial charge in [0, 0.05) is 18.8 Å². The molecule has 6 heteroatoms. The number of benzene rings is 2. The lowest BCUT2D eigenvalue weighted by molar-refractivity contribution is 0.546. The Morgan fingerprint density at radius 1 is 1.08 bits per heavy atom. The van der Waals surface area contributed by atoms with E-state index in [4.69, 9.17) is 4.42 Å². The third-order valence-electron chi connectivity index (χ3n) is 4.16. The second kappa shape index (κ2) is 7.47. The van der Waals surface area contributed by atoms with Gasteiger partial charge in [0.05, 0.1) is 0 Å². The van der Waals surface area contributed by atoms with Crippen molar-refractivity contribution in [2.75, 3.05) is 11.9 Å². The number of rotatable bonds is 5. The maximum absolute atomic E-state index is 14.0. The van der Waals surface area contributed by atoms with E-state index < -0.39 is 0 Å². The van der Waals surface area contributed by atoms with Crippen LogP contribution in [0.4, 0.5) is 20.5 Å². The number of hydrogen-bond acceptors (Lipinski definition) is 4. The second-order valence-corrected chi connectivity index (χ2v) is 5.95. The Kier molecular flexibility index (Phi) is 5.11. The molecule has 134 valence electrons. The first-order chi connectivity index (χ1) is 12.5. The predicted octanol–water partition coefficient (Wildman–Crippen LogP) is 5.16. The molecule has 0 aliphatic heterocycles. The van der Waals surface area contributed by atoms with Gasteiger partial charge in [0.25, 0.3) is 0 Å². The summed E-state index contributed by atoms with van der Waals surface area (Å²) in [5, 5.41) is 7.96. The predicted molar refractivity (Wildman–Crippen MR) is 98.2 cm³/mol. The first-order valence-electron chi connectivity index (χ1n) is 8.28. The average molecular weight is 355 g/mol. The van der Waals surface area contributed by atoms with E-state index >= 15 is 0 Å². The van der Waals surface area contributed by atoms with Crippen LogP contribution < -0.4 is 4.90 Å². The van der Waals surface area contributed by atoms with Gasteiger partial charge in [-0.3, -0.25) is 4.90 Å². The van der Waals surface area contributed by atoms with Crippen molar-refractivity contribution < 1.29 is 13.2 Å². The molecule has 0 saturated heterocycles. The summed E-state index contributed by atoms with van der Waals surface area (Å²) >= 11 is 0. The lowest BCUT2D eigenvalue weighted by Crippen LogP contribution is -2.10. The monoisotopic (exact) mass is 355 g/mol. The van der Waals surface area contributed by atoms with E-state index in [0.717, 1.165) is 11.1 Å². The number of aryl methyl sites for hydroxylation is 2. The van der Waals surface area contributed by atoms with Gasteiger partial charge in [0.2, 0.25) is 5.89 Å². The van der Waals surface area contributed by atoms with Crippen molar-refractivity contribution in [3.05, 3.63) is 70.6 Å². The van der Waals surface area contributed by atoms with Gasteiger partial charge in [0.15, 0.2) is 0 Å². The molecule has 4 nitrogen and oxygen atoms in total. The topological polar surface area (TPSA) is 42.2 Å². The van der Waals surface area contributed by atoms with Gasteiger partial charge in [-0.25, -0.2) is 8.78 Å². The number of hydrogen-bond donors (Lipinski definition) is 0. The largest absolute Gasteiger partial charge is 0.404 e. The van der Waals surface area contributed by atoms with Crippen LogP contribution in [-0.4, -0.2) is 17.2 Å². The smallest absolute Gasteiger partial charge is 0.322 e. The molecular weight excluding hydrogens is 336 g/mol. The number of aromatic nitrogens is 2.